The van der Waals surface area contributed by atoms with E-state index in [9.17, 15) is 5.11 Å². The standard InChI is InChI=1S/C23H25N7OS/c1-23-7-3-4-15(27-23)9-16(10-23)30(2)20-13-26-22(29-28-20)17-6-5-14(8-18(17)31)19-12-25-21(11-24)32-19/h5-6,8,12-13,15-16,27,31H,3-4,7,9-10H2,1-2H3/t15-,16-,23+/m0/s1. The lowest BCUT2D eigenvalue weighted by Crippen LogP contribution is -2.61. The number of fused-ring (bicyclic) bond motifs is 2. The molecule has 0 saturated carbocycles. The zero-order valence-corrected chi connectivity index (χ0v) is 18.9. The van der Waals surface area contributed by atoms with E-state index < -0.39 is 0 Å². The molecule has 0 aliphatic carbocycles. The molecule has 9 heteroatoms. The van der Waals surface area contributed by atoms with Gasteiger partial charge < -0.3 is 15.3 Å². The average molecular weight is 448 g/mol. The smallest absolute Gasteiger partial charge is 0.194 e. The fourth-order valence-electron chi connectivity index (χ4n) is 5.01. The van der Waals surface area contributed by atoms with E-state index in [0.29, 0.717) is 28.5 Å². The highest BCUT2D eigenvalue weighted by molar-refractivity contribution is 7.15. The van der Waals surface area contributed by atoms with Gasteiger partial charge in [-0.3, -0.25) is 0 Å². The number of nitrogens with zero attached hydrogens (tertiary/aromatic N) is 6. The van der Waals surface area contributed by atoms with E-state index >= 15 is 0 Å². The molecule has 0 amide bonds. The lowest BCUT2D eigenvalue weighted by molar-refractivity contribution is 0.140. The number of piperidine rings is 2. The molecule has 2 saturated heterocycles. The Morgan fingerprint density at radius 3 is 2.84 bits per heavy atom. The minimum atomic E-state index is 0.0661. The molecule has 8 nitrogen and oxygen atoms in total. The van der Waals surface area contributed by atoms with Crippen LogP contribution in [0, 0.1) is 11.3 Å². The Morgan fingerprint density at radius 2 is 2.16 bits per heavy atom. The Bertz CT molecular complexity index is 1170. The Morgan fingerprint density at radius 1 is 1.28 bits per heavy atom. The summed E-state index contributed by atoms with van der Waals surface area (Å²) < 4.78 is 0. The molecule has 32 heavy (non-hydrogen) atoms. The number of nitriles is 1. The third-order valence-electron chi connectivity index (χ3n) is 6.66. The van der Waals surface area contributed by atoms with Crippen LogP contribution in [0.15, 0.2) is 30.6 Å². The first-order valence-electron chi connectivity index (χ1n) is 10.8. The topological polar surface area (TPSA) is 111 Å². The first kappa shape index (κ1) is 20.8. The summed E-state index contributed by atoms with van der Waals surface area (Å²) >= 11 is 1.28. The normalized spacial score (nSPS) is 24.7. The van der Waals surface area contributed by atoms with Crippen LogP contribution < -0.4 is 10.2 Å². The highest BCUT2D eigenvalue weighted by Crippen LogP contribution is 2.37. The van der Waals surface area contributed by atoms with Crippen LogP contribution in [-0.2, 0) is 0 Å². The van der Waals surface area contributed by atoms with Crippen molar-refractivity contribution in [2.75, 3.05) is 11.9 Å². The summed E-state index contributed by atoms with van der Waals surface area (Å²) in [6.07, 6.45) is 9.29. The maximum absolute atomic E-state index is 10.6. The van der Waals surface area contributed by atoms with Crippen LogP contribution in [0.1, 0.15) is 44.0 Å². The Kier molecular flexibility index (Phi) is 5.27. The minimum absolute atomic E-state index is 0.0661. The summed E-state index contributed by atoms with van der Waals surface area (Å²) in [5, 5.41) is 32.4. The molecule has 1 aromatic carbocycles. The van der Waals surface area contributed by atoms with Gasteiger partial charge in [0.25, 0.3) is 0 Å². The van der Waals surface area contributed by atoms with Crippen molar-refractivity contribution in [3.63, 3.8) is 0 Å². The Hall–Kier alpha value is -3.09. The molecular weight excluding hydrogens is 422 g/mol. The molecule has 3 atom stereocenters. The lowest BCUT2D eigenvalue weighted by atomic mass is 9.75. The van der Waals surface area contributed by atoms with Crippen molar-refractivity contribution in [2.24, 2.45) is 0 Å². The van der Waals surface area contributed by atoms with Gasteiger partial charge in [-0.2, -0.15) is 5.26 Å². The Balaban J connectivity index is 1.34. The first-order valence-corrected chi connectivity index (χ1v) is 11.7. The van der Waals surface area contributed by atoms with E-state index in [1.165, 1.54) is 30.6 Å². The summed E-state index contributed by atoms with van der Waals surface area (Å²) in [7, 11) is 2.07. The van der Waals surface area contributed by atoms with Crippen molar-refractivity contribution in [1.29, 1.82) is 5.26 Å². The summed E-state index contributed by atoms with van der Waals surface area (Å²) in [6, 6.07) is 8.27. The second-order valence-corrected chi connectivity index (χ2v) is 10.0. The number of rotatable bonds is 4. The molecular formula is C23H25N7OS. The molecule has 5 rings (SSSR count). The number of thiazole rings is 1. The quantitative estimate of drug-likeness (QED) is 0.622. The van der Waals surface area contributed by atoms with E-state index in [-0.39, 0.29) is 11.3 Å². The van der Waals surface area contributed by atoms with Crippen LogP contribution in [0.4, 0.5) is 5.82 Å². The molecule has 2 aromatic heterocycles. The van der Waals surface area contributed by atoms with Gasteiger partial charge in [-0.1, -0.05) is 12.5 Å². The van der Waals surface area contributed by atoms with Gasteiger partial charge in [0.2, 0.25) is 0 Å². The van der Waals surface area contributed by atoms with Gasteiger partial charge in [0.1, 0.15) is 11.8 Å². The second-order valence-electron chi connectivity index (χ2n) is 9.01. The maximum Gasteiger partial charge on any atom is 0.194 e. The summed E-state index contributed by atoms with van der Waals surface area (Å²) in [5.74, 6) is 1.19. The predicted molar refractivity (Wildman–Crippen MR) is 123 cm³/mol. The minimum Gasteiger partial charge on any atom is -0.507 e. The van der Waals surface area contributed by atoms with Crippen LogP contribution in [0.5, 0.6) is 5.75 Å². The largest absolute Gasteiger partial charge is 0.507 e. The molecule has 2 fully saturated rings. The maximum atomic E-state index is 10.6. The van der Waals surface area contributed by atoms with E-state index in [2.05, 4.69) is 44.4 Å². The number of anilines is 1. The van der Waals surface area contributed by atoms with Gasteiger partial charge in [0.05, 0.1) is 16.6 Å². The molecule has 2 N–H and O–H groups in total. The SMILES string of the molecule is CN(c1cnc(-c2ccc(-c3cnc(C#N)s3)cc2O)nn1)[C@H]1C[C@@H]2CCC[C@](C)(C1)N2. The molecule has 164 valence electrons. The Labute approximate surface area is 191 Å². The van der Waals surface area contributed by atoms with Crippen molar-refractivity contribution < 1.29 is 5.11 Å². The van der Waals surface area contributed by atoms with Crippen molar-refractivity contribution in [3.8, 4) is 33.6 Å². The number of phenolic OH excluding ortho intramolecular Hbond substituents is 1. The zero-order valence-electron chi connectivity index (χ0n) is 18.1. The summed E-state index contributed by atoms with van der Waals surface area (Å²) in [5.41, 5.74) is 1.50. The molecule has 0 radical (unpaired) electrons. The number of nitrogens with one attached hydrogen (secondary N) is 1. The summed E-state index contributed by atoms with van der Waals surface area (Å²) in [4.78, 5) is 11.5. The number of hydrogen-bond donors (Lipinski definition) is 2. The molecule has 3 aromatic rings. The van der Waals surface area contributed by atoms with E-state index in [0.717, 1.165) is 29.1 Å². The van der Waals surface area contributed by atoms with Gasteiger partial charge in [0.15, 0.2) is 16.6 Å². The van der Waals surface area contributed by atoms with Crippen LogP contribution in [0.2, 0.25) is 0 Å². The van der Waals surface area contributed by atoms with Gasteiger partial charge in [-0.05, 0) is 50.3 Å². The number of hydrogen-bond acceptors (Lipinski definition) is 9. The number of aromatic nitrogens is 4. The molecule has 2 aliphatic rings. The van der Waals surface area contributed by atoms with Crippen molar-refractivity contribution >= 4 is 17.2 Å². The third-order valence-corrected chi connectivity index (χ3v) is 7.61. The molecule has 2 bridgehead atoms. The monoisotopic (exact) mass is 447 g/mol. The van der Waals surface area contributed by atoms with Crippen LogP contribution >= 0.6 is 11.3 Å². The molecule has 2 aliphatic heterocycles. The van der Waals surface area contributed by atoms with Crippen molar-refractivity contribution in [1.82, 2.24) is 25.5 Å². The average Bonchev–Trinajstić information content (AvgIpc) is 3.27. The van der Waals surface area contributed by atoms with Crippen molar-refractivity contribution in [3.05, 3.63) is 35.6 Å². The predicted octanol–water partition coefficient (Wildman–Crippen LogP) is 3.74. The van der Waals surface area contributed by atoms with Crippen LogP contribution in [0.25, 0.3) is 21.8 Å². The fraction of sp³-hybridized carbons (Fsp3) is 0.435. The van der Waals surface area contributed by atoms with E-state index in [1.54, 1.807) is 24.5 Å². The van der Waals surface area contributed by atoms with Crippen LogP contribution in [0.3, 0.4) is 0 Å². The van der Waals surface area contributed by atoms with Gasteiger partial charge in [0, 0.05) is 30.9 Å². The second kappa shape index (κ2) is 8.11. The van der Waals surface area contributed by atoms with Crippen molar-refractivity contribution in [2.45, 2.75) is 56.7 Å². The number of aromatic hydroxyl groups is 1. The molecule has 4 heterocycles. The lowest BCUT2D eigenvalue weighted by Gasteiger charge is -2.49. The van der Waals surface area contributed by atoms with E-state index in [1.807, 2.05) is 12.1 Å². The summed E-state index contributed by atoms with van der Waals surface area (Å²) in [6.45, 7) is 2.33. The molecule has 0 spiro atoms. The number of benzene rings is 1. The van der Waals surface area contributed by atoms with Gasteiger partial charge >= 0.3 is 0 Å². The van der Waals surface area contributed by atoms with Gasteiger partial charge in [-0.25, -0.2) is 9.97 Å². The molecule has 0 unspecified atom stereocenters. The third kappa shape index (κ3) is 3.92. The fourth-order valence-corrected chi connectivity index (χ4v) is 5.72. The zero-order chi connectivity index (χ0) is 22.3. The highest BCUT2D eigenvalue weighted by Gasteiger charge is 2.40. The first-order chi connectivity index (χ1) is 15.4. The van der Waals surface area contributed by atoms with E-state index in [4.69, 9.17) is 5.26 Å². The highest BCUT2D eigenvalue weighted by atomic mass is 32.1. The van der Waals surface area contributed by atoms with Crippen LogP contribution in [-0.4, -0.2) is 49.9 Å². The number of phenols is 1. The van der Waals surface area contributed by atoms with Gasteiger partial charge in [-0.15, -0.1) is 21.5 Å².